The number of ether oxygens (including phenoxy) is 1. The van der Waals surface area contributed by atoms with Crippen LogP contribution in [-0.2, 0) is 14.3 Å². The lowest BCUT2D eigenvalue weighted by molar-refractivity contribution is -0.145. The Balaban J connectivity index is 4.31. The minimum Gasteiger partial charge on any atom is -0.465 e. The molecule has 1 amide bonds. The van der Waals surface area contributed by atoms with Gasteiger partial charge in [0.2, 0.25) is 5.91 Å². The predicted molar refractivity (Wildman–Crippen MR) is 173 cm³/mol. The SMILES string of the molecule is CCCCCCCCC(CCCCCC)COC(=O)CCCCCN(CCCCCC)C(=O)CCCCCNC. The molecular weight excluding hydrogens is 496 g/mol. The zero-order chi connectivity index (χ0) is 29.5. The van der Waals surface area contributed by atoms with E-state index in [1.165, 1.54) is 96.3 Å². The third-order valence-corrected chi connectivity index (χ3v) is 8.17. The molecule has 0 saturated carbocycles. The Morgan fingerprint density at radius 1 is 0.600 bits per heavy atom. The van der Waals surface area contributed by atoms with E-state index in [0.29, 0.717) is 31.3 Å². The molecule has 40 heavy (non-hydrogen) atoms. The molecule has 0 bridgehead atoms. The van der Waals surface area contributed by atoms with Gasteiger partial charge in [0, 0.05) is 25.9 Å². The van der Waals surface area contributed by atoms with Gasteiger partial charge in [0.05, 0.1) is 6.61 Å². The molecule has 1 atom stereocenters. The molecule has 0 rings (SSSR count). The maximum absolute atomic E-state index is 12.8. The van der Waals surface area contributed by atoms with Crippen molar-refractivity contribution in [2.24, 2.45) is 5.92 Å². The molecular formula is C35H70N2O3. The van der Waals surface area contributed by atoms with Crippen molar-refractivity contribution in [3.8, 4) is 0 Å². The first-order valence-electron chi connectivity index (χ1n) is 17.7. The summed E-state index contributed by atoms with van der Waals surface area (Å²) >= 11 is 0. The van der Waals surface area contributed by atoms with Crippen LogP contribution in [-0.4, -0.2) is 50.1 Å². The Kier molecular flexibility index (Phi) is 30.0. The minimum absolute atomic E-state index is 0.0319. The fourth-order valence-electron chi connectivity index (χ4n) is 5.42. The van der Waals surface area contributed by atoms with Gasteiger partial charge < -0.3 is 15.0 Å². The Morgan fingerprint density at radius 2 is 1.07 bits per heavy atom. The Bertz CT molecular complexity index is 555. The van der Waals surface area contributed by atoms with E-state index >= 15 is 0 Å². The molecule has 0 aromatic rings. The first kappa shape index (κ1) is 38.9. The second-order valence-corrected chi connectivity index (χ2v) is 12.1. The Morgan fingerprint density at radius 3 is 1.68 bits per heavy atom. The highest BCUT2D eigenvalue weighted by Gasteiger charge is 2.14. The summed E-state index contributed by atoms with van der Waals surface area (Å²) in [5.41, 5.74) is 0. The number of hydrogen-bond acceptors (Lipinski definition) is 4. The van der Waals surface area contributed by atoms with Crippen molar-refractivity contribution in [3.05, 3.63) is 0 Å². The predicted octanol–water partition coefficient (Wildman–Crippen LogP) is 9.62. The van der Waals surface area contributed by atoms with Gasteiger partial charge in [-0.05, 0) is 64.5 Å². The topological polar surface area (TPSA) is 58.6 Å². The fraction of sp³-hybridized carbons (Fsp3) is 0.943. The second-order valence-electron chi connectivity index (χ2n) is 12.1. The number of amides is 1. The molecule has 0 spiro atoms. The van der Waals surface area contributed by atoms with Crippen LogP contribution < -0.4 is 5.32 Å². The lowest BCUT2D eigenvalue weighted by Crippen LogP contribution is -2.32. The summed E-state index contributed by atoms with van der Waals surface area (Å²) in [6, 6.07) is 0. The van der Waals surface area contributed by atoms with Crippen LogP contribution in [0.5, 0.6) is 0 Å². The summed E-state index contributed by atoms with van der Waals surface area (Å²) in [6.07, 6.45) is 27.4. The summed E-state index contributed by atoms with van der Waals surface area (Å²) in [6.45, 7) is 10.1. The van der Waals surface area contributed by atoms with Gasteiger partial charge in [-0.1, -0.05) is 117 Å². The van der Waals surface area contributed by atoms with Gasteiger partial charge in [-0.15, -0.1) is 0 Å². The van der Waals surface area contributed by atoms with Crippen molar-refractivity contribution < 1.29 is 14.3 Å². The maximum atomic E-state index is 12.8. The monoisotopic (exact) mass is 567 g/mol. The number of carbonyl (C=O) groups excluding carboxylic acids is 2. The van der Waals surface area contributed by atoms with Gasteiger partial charge in [-0.3, -0.25) is 9.59 Å². The molecule has 0 aromatic heterocycles. The molecule has 0 aliphatic carbocycles. The third-order valence-electron chi connectivity index (χ3n) is 8.17. The highest BCUT2D eigenvalue weighted by Crippen LogP contribution is 2.20. The van der Waals surface area contributed by atoms with E-state index in [1.54, 1.807) is 0 Å². The third kappa shape index (κ3) is 25.8. The molecule has 0 aromatic carbocycles. The molecule has 5 heteroatoms. The molecule has 0 radical (unpaired) electrons. The minimum atomic E-state index is -0.0319. The van der Waals surface area contributed by atoms with Crippen LogP contribution >= 0.6 is 0 Å². The van der Waals surface area contributed by atoms with E-state index in [9.17, 15) is 9.59 Å². The average molecular weight is 567 g/mol. The highest BCUT2D eigenvalue weighted by molar-refractivity contribution is 5.76. The number of carbonyl (C=O) groups is 2. The van der Waals surface area contributed by atoms with Gasteiger partial charge in [0.15, 0.2) is 0 Å². The summed E-state index contributed by atoms with van der Waals surface area (Å²) in [5.74, 6) is 0.809. The largest absolute Gasteiger partial charge is 0.465 e. The zero-order valence-corrected chi connectivity index (χ0v) is 27.5. The maximum Gasteiger partial charge on any atom is 0.305 e. The molecule has 0 saturated heterocycles. The molecule has 238 valence electrons. The molecule has 1 unspecified atom stereocenters. The second kappa shape index (κ2) is 30.8. The van der Waals surface area contributed by atoms with Crippen LogP contribution in [0.1, 0.15) is 175 Å². The summed E-state index contributed by atoms with van der Waals surface area (Å²) in [5, 5.41) is 3.18. The van der Waals surface area contributed by atoms with E-state index in [4.69, 9.17) is 4.74 Å². The van der Waals surface area contributed by atoms with Crippen LogP contribution in [0.15, 0.2) is 0 Å². The number of unbranched alkanes of at least 4 members (excludes halogenated alkanes) is 15. The van der Waals surface area contributed by atoms with E-state index in [1.807, 2.05) is 7.05 Å². The van der Waals surface area contributed by atoms with E-state index in [0.717, 1.165) is 64.6 Å². The van der Waals surface area contributed by atoms with Gasteiger partial charge in [0.1, 0.15) is 0 Å². The molecule has 0 aliphatic heterocycles. The van der Waals surface area contributed by atoms with Crippen molar-refractivity contribution in [1.82, 2.24) is 10.2 Å². The molecule has 0 heterocycles. The summed E-state index contributed by atoms with van der Waals surface area (Å²) < 4.78 is 5.76. The van der Waals surface area contributed by atoms with Crippen molar-refractivity contribution in [2.45, 2.75) is 175 Å². The van der Waals surface area contributed by atoms with Crippen molar-refractivity contribution >= 4 is 11.9 Å². The Labute approximate surface area is 250 Å². The quantitative estimate of drug-likeness (QED) is 0.0670. The van der Waals surface area contributed by atoms with Gasteiger partial charge in [-0.2, -0.15) is 0 Å². The van der Waals surface area contributed by atoms with E-state index in [-0.39, 0.29) is 5.97 Å². The normalized spacial score (nSPS) is 12.0. The standard InChI is InChI=1S/C35H70N2O3/c1-5-8-11-14-15-19-26-33(25-18-12-9-6-2)32-40-35(39)28-21-17-24-31-37(30-23-13-10-7-3)34(38)27-20-16-22-29-36-4/h33,36H,5-32H2,1-4H3. The fourth-order valence-corrected chi connectivity index (χ4v) is 5.42. The molecule has 0 aliphatic rings. The van der Waals surface area contributed by atoms with Crippen molar-refractivity contribution in [3.63, 3.8) is 0 Å². The zero-order valence-electron chi connectivity index (χ0n) is 27.5. The van der Waals surface area contributed by atoms with Gasteiger partial charge >= 0.3 is 5.97 Å². The van der Waals surface area contributed by atoms with Crippen LogP contribution in [0.4, 0.5) is 0 Å². The number of nitrogens with zero attached hydrogens (tertiary/aromatic N) is 1. The van der Waals surface area contributed by atoms with Gasteiger partial charge in [-0.25, -0.2) is 0 Å². The van der Waals surface area contributed by atoms with E-state index in [2.05, 4.69) is 31.0 Å². The smallest absolute Gasteiger partial charge is 0.305 e. The van der Waals surface area contributed by atoms with E-state index < -0.39 is 0 Å². The van der Waals surface area contributed by atoms with Crippen molar-refractivity contribution in [2.75, 3.05) is 33.3 Å². The molecule has 1 N–H and O–H groups in total. The van der Waals surface area contributed by atoms with Crippen LogP contribution in [0.25, 0.3) is 0 Å². The first-order valence-corrected chi connectivity index (χ1v) is 17.7. The summed E-state index contributed by atoms with van der Waals surface area (Å²) in [7, 11) is 1.98. The average Bonchev–Trinajstić information content (AvgIpc) is 2.95. The van der Waals surface area contributed by atoms with Gasteiger partial charge in [0.25, 0.3) is 0 Å². The number of esters is 1. The number of nitrogens with one attached hydrogen (secondary N) is 1. The lowest BCUT2D eigenvalue weighted by atomic mass is 9.95. The van der Waals surface area contributed by atoms with Crippen LogP contribution in [0.3, 0.4) is 0 Å². The van der Waals surface area contributed by atoms with Crippen LogP contribution in [0, 0.1) is 5.92 Å². The van der Waals surface area contributed by atoms with Crippen molar-refractivity contribution in [1.29, 1.82) is 0 Å². The highest BCUT2D eigenvalue weighted by atomic mass is 16.5. The Hall–Kier alpha value is -1.10. The number of hydrogen-bond donors (Lipinski definition) is 1. The lowest BCUT2D eigenvalue weighted by Gasteiger charge is -2.23. The first-order chi connectivity index (χ1) is 19.6. The summed E-state index contributed by atoms with van der Waals surface area (Å²) in [4.78, 5) is 27.4. The molecule has 5 nitrogen and oxygen atoms in total. The van der Waals surface area contributed by atoms with Crippen LogP contribution in [0.2, 0.25) is 0 Å². The molecule has 0 fully saturated rings. The number of rotatable bonds is 31.